The van der Waals surface area contributed by atoms with Crippen molar-refractivity contribution in [3.63, 3.8) is 0 Å². The smallest absolute Gasteiger partial charge is 0.179 e. The first-order valence-electron chi connectivity index (χ1n) is 19.4. The summed E-state index contributed by atoms with van der Waals surface area (Å²) in [5, 5.41) is 7.92. The van der Waals surface area contributed by atoms with Gasteiger partial charge < -0.3 is 4.90 Å². The average molecular weight is 764 g/mol. The van der Waals surface area contributed by atoms with Crippen molar-refractivity contribution in [1.82, 2.24) is 0 Å². The molecule has 0 unspecified atom stereocenters. The first-order chi connectivity index (χ1) is 28.2. The van der Waals surface area contributed by atoms with Crippen molar-refractivity contribution in [3.8, 4) is 11.1 Å². The molecule has 1 nitrogen and oxygen atoms in total. The SMILES string of the molecule is C=C/C=C\C(=C\c1ccccc1)N(c1ccc([Si](c2ccccc2)(c2ccccc2)c2ccccc2)cc1)c1ccc2sc3ccc(-c4ccccc4)cc3c2c1. The summed E-state index contributed by atoms with van der Waals surface area (Å²) < 4.78 is 2.56. The second-order valence-corrected chi connectivity index (χ2v) is 19.1. The number of allylic oxidation sites excluding steroid dienone is 3. The molecule has 0 spiro atoms. The Morgan fingerprint density at radius 2 is 0.930 bits per heavy atom. The van der Waals surface area contributed by atoms with Gasteiger partial charge in [0.1, 0.15) is 0 Å². The maximum Gasteiger partial charge on any atom is 0.179 e. The van der Waals surface area contributed by atoms with E-state index in [2.05, 4.69) is 236 Å². The molecule has 0 N–H and O–H groups in total. The van der Waals surface area contributed by atoms with Gasteiger partial charge in [-0.15, -0.1) is 11.3 Å². The Morgan fingerprint density at radius 1 is 0.456 bits per heavy atom. The minimum absolute atomic E-state index is 1.04. The predicted octanol–water partition coefficient (Wildman–Crippen LogP) is 12.0. The number of hydrogen-bond acceptors (Lipinski definition) is 2. The van der Waals surface area contributed by atoms with Gasteiger partial charge in [-0.3, -0.25) is 0 Å². The molecule has 9 rings (SSSR count). The number of benzene rings is 8. The zero-order valence-electron chi connectivity index (χ0n) is 31.6. The molecule has 8 aromatic carbocycles. The van der Waals surface area contributed by atoms with Gasteiger partial charge in [0.25, 0.3) is 0 Å². The third-order valence-electron chi connectivity index (χ3n) is 10.8. The number of nitrogens with zero attached hydrogens (tertiary/aromatic N) is 1. The molecule has 0 saturated carbocycles. The molecule has 3 heteroatoms. The van der Waals surface area contributed by atoms with Crippen LogP contribution in [0, 0.1) is 0 Å². The van der Waals surface area contributed by atoms with Gasteiger partial charge in [0.15, 0.2) is 8.07 Å². The standard InChI is InChI=1S/C54H41NSSi/c1-2-3-23-45(38-41-19-9-4-10-20-41)55(46-33-37-54-52(40-46)51-39-43(30-36-53(51)56-54)42-21-11-5-12-22-42)44-31-34-50(35-32-44)57(47-24-13-6-14-25-47,48-26-15-7-16-27-48)49-28-17-8-18-29-49/h2-40H,1H2/b23-3-,45-38-. The van der Waals surface area contributed by atoms with Crippen molar-refractivity contribution < 1.29 is 0 Å². The summed E-state index contributed by atoms with van der Waals surface area (Å²) in [5.41, 5.74) is 6.78. The summed E-state index contributed by atoms with van der Waals surface area (Å²) >= 11 is 1.85. The van der Waals surface area contributed by atoms with Crippen LogP contribution >= 0.6 is 11.3 Å². The average Bonchev–Trinajstić information content (AvgIpc) is 3.65. The van der Waals surface area contributed by atoms with E-state index in [9.17, 15) is 0 Å². The second kappa shape index (κ2) is 16.1. The molecule has 0 aliphatic carbocycles. The second-order valence-electron chi connectivity index (χ2n) is 14.2. The first-order valence-corrected chi connectivity index (χ1v) is 22.2. The molecule has 0 amide bonds. The zero-order valence-corrected chi connectivity index (χ0v) is 33.4. The Bertz CT molecular complexity index is 2730. The maximum atomic E-state index is 4.04. The van der Waals surface area contributed by atoms with Crippen molar-refractivity contribution >= 4 is 77.8 Å². The Hall–Kier alpha value is -6.78. The predicted molar refractivity (Wildman–Crippen MR) is 251 cm³/mol. The van der Waals surface area contributed by atoms with Gasteiger partial charge in [-0.1, -0.05) is 189 Å². The lowest BCUT2D eigenvalue weighted by Crippen LogP contribution is -2.74. The molecule has 0 radical (unpaired) electrons. The number of thiophene rings is 1. The van der Waals surface area contributed by atoms with E-state index in [1.807, 2.05) is 23.5 Å². The van der Waals surface area contributed by atoms with Crippen LogP contribution in [0.4, 0.5) is 11.4 Å². The van der Waals surface area contributed by atoms with Gasteiger partial charge >= 0.3 is 0 Å². The van der Waals surface area contributed by atoms with Gasteiger partial charge in [0, 0.05) is 37.2 Å². The fourth-order valence-electron chi connectivity index (χ4n) is 8.16. The fraction of sp³-hybridized carbons (Fsp3) is 0. The highest BCUT2D eigenvalue weighted by Crippen LogP contribution is 2.40. The largest absolute Gasteiger partial charge is 0.310 e. The third-order valence-corrected chi connectivity index (χ3v) is 16.7. The molecule has 0 aliphatic rings. The van der Waals surface area contributed by atoms with E-state index in [1.54, 1.807) is 0 Å². The van der Waals surface area contributed by atoms with Crippen molar-refractivity contribution in [1.29, 1.82) is 0 Å². The molecule has 57 heavy (non-hydrogen) atoms. The fourth-order valence-corrected chi connectivity index (χ4v) is 14.0. The van der Waals surface area contributed by atoms with Gasteiger partial charge in [0.2, 0.25) is 0 Å². The van der Waals surface area contributed by atoms with Crippen molar-refractivity contribution in [2.45, 2.75) is 0 Å². The molecule has 272 valence electrons. The lowest BCUT2D eigenvalue weighted by atomic mass is 10.0. The Labute approximate surface area is 340 Å². The number of anilines is 2. The van der Waals surface area contributed by atoms with Crippen LogP contribution in [-0.4, -0.2) is 8.07 Å². The van der Waals surface area contributed by atoms with Crippen molar-refractivity contribution in [3.05, 3.63) is 248 Å². The van der Waals surface area contributed by atoms with Crippen LogP contribution in [0.25, 0.3) is 37.4 Å². The molecular formula is C54H41NSSi. The van der Waals surface area contributed by atoms with E-state index in [4.69, 9.17) is 0 Å². The van der Waals surface area contributed by atoms with Crippen LogP contribution in [0.5, 0.6) is 0 Å². The summed E-state index contributed by atoms with van der Waals surface area (Å²) in [4.78, 5) is 2.39. The van der Waals surface area contributed by atoms with E-state index in [-0.39, 0.29) is 0 Å². The van der Waals surface area contributed by atoms with Crippen molar-refractivity contribution in [2.24, 2.45) is 0 Å². The number of hydrogen-bond donors (Lipinski definition) is 0. The molecular weight excluding hydrogens is 723 g/mol. The number of fused-ring (bicyclic) bond motifs is 3. The van der Waals surface area contributed by atoms with E-state index in [1.165, 1.54) is 52.0 Å². The van der Waals surface area contributed by atoms with E-state index in [0.717, 1.165) is 22.6 Å². The Balaban J connectivity index is 1.25. The summed E-state index contributed by atoms with van der Waals surface area (Å²) in [6, 6.07) is 77.7. The highest BCUT2D eigenvalue weighted by atomic mass is 32.1. The molecule has 0 atom stereocenters. The lowest BCUT2D eigenvalue weighted by molar-refractivity contribution is 1.23. The monoisotopic (exact) mass is 763 g/mol. The van der Waals surface area contributed by atoms with Crippen LogP contribution in [0.1, 0.15) is 5.56 Å². The van der Waals surface area contributed by atoms with Crippen LogP contribution < -0.4 is 25.6 Å². The summed E-state index contributed by atoms with van der Waals surface area (Å²) in [6.07, 6.45) is 8.29. The minimum atomic E-state index is -2.70. The quantitative estimate of drug-likeness (QED) is 0.0720. The van der Waals surface area contributed by atoms with E-state index >= 15 is 0 Å². The molecule has 1 aromatic heterocycles. The van der Waals surface area contributed by atoms with E-state index < -0.39 is 8.07 Å². The van der Waals surface area contributed by atoms with Crippen LogP contribution in [0.3, 0.4) is 0 Å². The van der Waals surface area contributed by atoms with Crippen LogP contribution in [-0.2, 0) is 0 Å². The molecule has 9 aromatic rings. The van der Waals surface area contributed by atoms with Gasteiger partial charge in [-0.2, -0.15) is 0 Å². The molecule has 0 fully saturated rings. The Kier molecular flexibility index (Phi) is 10.2. The lowest BCUT2D eigenvalue weighted by Gasteiger charge is -2.35. The van der Waals surface area contributed by atoms with Crippen molar-refractivity contribution in [2.75, 3.05) is 4.90 Å². The molecule has 1 heterocycles. The van der Waals surface area contributed by atoms with Gasteiger partial charge in [-0.25, -0.2) is 0 Å². The van der Waals surface area contributed by atoms with Crippen LogP contribution in [0.2, 0.25) is 0 Å². The molecule has 0 aliphatic heterocycles. The van der Waals surface area contributed by atoms with Crippen LogP contribution in [0.15, 0.2) is 243 Å². The molecule has 0 bridgehead atoms. The van der Waals surface area contributed by atoms with Gasteiger partial charge in [0.05, 0.1) is 0 Å². The first kappa shape index (κ1) is 35.9. The minimum Gasteiger partial charge on any atom is -0.310 e. The highest BCUT2D eigenvalue weighted by Gasteiger charge is 2.41. The van der Waals surface area contributed by atoms with E-state index in [0.29, 0.717) is 0 Å². The third kappa shape index (κ3) is 7.00. The molecule has 0 saturated heterocycles. The summed E-state index contributed by atoms with van der Waals surface area (Å²) in [5.74, 6) is 0. The number of rotatable bonds is 11. The normalized spacial score (nSPS) is 12.0. The summed E-state index contributed by atoms with van der Waals surface area (Å²) in [6.45, 7) is 4.04. The summed E-state index contributed by atoms with van der Waals surface area (Å²) in [7, 11) is -2.70. The zero-order chi connectivity index (χ0) is 38.4. The Morgan fingerprint density at radius 3 is 1.49 bits per heavy atom. The maximum absolute atomic E-state index is 4.04. The van der Waals surface area contributed by atoms with Gasteiger partial charge in [-0.05, 0) is 92.1 Å². The highest BCUT2D eigenvalue weighted by molar-refractivity contribution is 7.25. The topological polar surface area (TPSA) is 3.24 Å².